The maximum atomic E-state index is 14.7. The molecule has 3 unspecified atom stereocenters. The number of ether oxygens (including phenoxy) is 1. The van der Waals surface area contributed by atoms with Gasteiger partial charge < -0.3 is 9.64 Å². The van der Waals surface area contributed by atoms with Crippen molar-refractivity contribution in [3.05, 3.63) is 81.6 Å². The van der Waals surface area contributed by atoms with Gasteiger partial charge in [-0.15, -0.1) is 11.3 Å². The van der Waals surface area contributed by atoms with Crippen LogP contribution in [0.3, 0.4) is 0 Å². The first kappa shape index (κ1) is 30.4. The summed E-state index contributed by atoms with van der Waals surface area (Å²) in [6.45, 7) is 16.0. The third kappa shape index (κ3) is 6.36. The summed E-state index contributed by atoms with van der Waals surface area (Å²) < 4.78 is 6.08. The van der Waals surface area contributed by atoms with E-state index in [0.29, 0.717) is 29.7 Å². The van der Waals surface area contributed by atoms with Gasteiger partial charge in [-0.2, -0.15) is 5.26 Å². The van der Waals surface area contributed by atoms with E-state index in [1.54, 1.807) is 34.9 Å². The lowest BCUT2D eigenvalue weighted by Gasteiger charge is -2.41. The molecule has 1 saturated heterocycles. The van der Waals surface area contributed by atoms with Crippen molar-refractivity contribution in [1.29, 1.82) is 5.26 Å². The molecule has 0 saturated carbocycles. The van der Waals surface area contributed by atoms with Gasteiger partial charge in [0.25, 0.3) is 5.91 Å². The molecule has 4 rings (SSSR count). The Morgan fingerprint density at radius 2 is 1.83 bits per heavy atom. The number of nitrogens with zero attached hydrogens (tertiary/aromatic N) is 4. The van der Waals surface area contributed by atoms with Gasteiger partial charge in [0, 0.05) is 34.4 Å². The van der Waals surface area contributed by atoms with Crippen LogP contribution in [0.15, 0.2) is 54.3 Å². The molecule has 0 N–H and O–H groups in total. The van der Waals surface area contributed by atoms with Gasteiger partial charge in [0.15, 0.2) is 0 Å². The van der Waals surface area contributed by atoms with Gasteiger partial charge in [-0.1, -0.05) is 46.8 Å². The molecule has 1 fully saturated rings. The van der Waals surface area contributed by atoms with Crippen LogP contribution in [0.4, 0.5) is 0 Å². The Bertz CT molecular complexity index is 1430. The van der Waals surface area contributed by atoms with E-state index in [9.17, 15) is 14.9 Å². The Balaban J connectivity index is 1.96. The number of thiazole rings is 1. The van der Waals surface area contributed by atoms with E-state index in [4.69, 9.17) is 4.74 Å². The minimum atomic E-state index is -1.26. The predicted octanol–water partition coefficient (Wildman–Crippen LogP) is 7.20. The third-order valence-electron chi connectivity index (χ3n) is 7.45. The number of carbonyl (C=O) groups is 2. The van der Waals surface area contributed by atoms with Crippen LogP contribution in [0.1, 0.15) is 112 Å². The molecule has 0 spiro atoms. The van der Waals surface area contributed by atoms with E-state index in [2.05, 4.69) is 50.7 Å². The summed E-state index contributed by atoms with van der Waals surface area (Å²) in [5.74, 6) is -0.936. The molecule has 3 aromatic rings. The Labute approximate surface area is 247 Å². The van der Waals surface area contributed by atoms with Crippen LogP contribution in [-0.4, -0.2) is 37.9 Å². The quantitative estimate of drug-likeness (QED) is 0.290. The number of aromatic nitrogens is 2. The molecule has 0 bridgehead atoms. The zero-order valence-electron chi connectivity index (χ0n) is 25.3. The largest absolute Gasteiger partial charge is 0.458 e. The second-order valence-electron chi connectivity index (χ2n) is 13.4. The standard InChI is InChI=1S/C33H40N4O3S/c1-21(2)16-33(30(39)40-32(6,7)8)17-25(26-15-22(18-34)13-14-36-26)28(27-19-35-20-41-27)37(33)29(38)23-9-11-24(12-10-23)31(3,4)5/h9-15,19-21,25,28H,16-17H2,1-8H3. The Hall–Kier alpha value is -3.57. The molecular weight excluding hydrogens is 532 g/mol. The maximum absolute atomic E-state index is 14.7. The smallest absolute Gasteiger partial charge is 0.332 e. The number of amides is 1. The third-order valence-corrected chi connectivity index (χ3v) is 8.30. The highest BCUT2D eigenvalue weighted by Crippen LogP contribution is 2.55. The summed E-state index contributed by atoms with van der Waals surface area (Å²) in [5.41, 5.74) is 2.42. The summed E-state index contributed by atoms with van der Waals surface area (Å²) in [7, 11) is 0. The van der Waals surface area contributed by atoms with Crippen molar-refractivity contribution in [1.82, 2.24) is 14.9 Å². The van der Waals surface area contributed by atoms with Crippen molar-refractivity contribution in [2.24, 2.45) is 5.92 Å². The molecule has 0 aliphatic carbocycles. The lowest BCUT2D eigenvalue weighted by atomic mass is 9.82. The van der Waals surface area contributed by atoms with Gasteiger partial charge in [0.1, 0.15) is 11.1 Å². The first-order valence-corrected chi connectivity index (χ1v) is 15.0. The number of carbonyl (C=O) groups excluding carboxylic acids is 2. The SMILES string of the molecule is CC(C)CC1(C(=O)OC(C)(C)C)CC(c2cc(C#N)ccn2)C(c2cncs2)N1C(=O)c1ccc(C(C)(C)C)cc1. The number of esters is 1. The van der Waals surface area contributed by atoms with E-state index in [1.807, 2.05) is 45.0 Å². The lowest BCUT2D eigenvalue weighted by molar-refractivity contribution is -0.168. The van der Waals surface area contributed by atoms with E-state index in [1.165, 1.54) is 11.3 Å². The predicted molar refractivity (Wildman–Crippen MR) is 161 cm³/mol. The number of pyridine rings is 1. The summed E-state index contributed by atoms with van der Waals surface area (Å²) in [6, 6.07) is 12.8. The average Bonchev–Trinajstić information content (AvgIpc) is 3.53. The van der Waals surface area contributed by atoms with Gasteiger partial charge in [-0.05, 0) is 74.8 Å². The molecule has 8 heteroatoms. The lowest BCUT2D eigenvalue weighted by Crippen LogP contribution is -2.56. The Kier molecular flexibility index (Phi) is 8.42. The molecule has 3 heterocycles. The minimum absolute atomic E-state index is 0.0686. The van der Waals surface area contributed by atoms with Gasteiger partial charge in [-0.25, -0.2) is 4.79 Å². The van der Waals surface area contributed by atoms with Crippen molar-refractivity contribution in [2.75, 3.05) is 0 Å². The van der Waals surface area contributed by atoms with E-state index in [-0.39, 0.29) is 23.2 Å². The minimum Gasteiger partial charge on any atom is -0.458 e. The van der Waals surface area contributed by atoms with E-state index >= 15 is 0 Å². The van der Waals surface area contributed by atoms with Gasteiger partial charge in [0.05, 0.1) is 23.2 Å². The number of rotatable bonds is 6. The van der Waals surface area contributed by atoms with Gasteiger partial charge in [0.2, 0.25) is 0 Å². The molecule has 1 aromatic carbocycles. The zero-order valence-corrected chi connectivity index (χ0v) is 26.1. The molecule has 1 aliphatic rings. The molecule has 2 aromatic heterocycles. The second-order valence-corrected chi connectivity index (χ2v) is 14.3. The fraction of sp³-hybridized carbons (Fsp3) is 0.485. The summed E-state index contributed by atoms with van der Waals surface area (Å²) in [4.78, 5) is 40.7. The molecule has 1 amide bonds. The zero-order chi connectivity index (χ0) is 30.2. The van der Waals surface area contributed by atoms with Crippen LogP contribution < -0.4 is 0 Å². The molecule has 216 valence electrons. The summed E-state index contributed by atoms with van der Waals surface area (Å²) in [6.07, 6.45) is 4.11. The van der Waals surface area contributed by atoms with Crippen LogP contribution in [0.25, 0.3) is 0 Å². The average molecular weight is 573 g/mol. The Morgan fingerprint density at radius 1 is 1.15 bits per heavy atom. The molecular formula is C33H40N4O3S. The molecule has 0 radical (unpaired) electrons. The summed E-state index contributed by atoms with van der Waals surface area (Å²) in [5, 5.41) is 9.64. The van der Waals surface area contributed by atoms with Crippen molar-refractivity contribution in [3.63, 3.8) is 0 Å². The first-order chi connectivity index (χ1) is 19.2. The van der Waals surface area contributed by atoms with Gasteiger partial charge in [-0.3, -0.25) is 14.8 Å². The summed E-state index contributed by atoms with van der Waals surface area (Å²) >= 11 is 1.45. The van der Waals surface area contributed by atoms with Crippen molar-refractivity contribution in [2.45, 2.75) is 96.7 Å². The highest BCUT2D eigenvalue weighted by molar-refractivity contribution is 7.09. The molecule has 1 aliphatic heterocycles. The maximum Gasteiger partial charge on any atom is 0.332 e. The van der Waals surface area contributed by atoms with Crippen LogP contribution in [0.5, 0.6) is 0 Å². The molecule has 7 nitrogen and oxygen atoms in total. The Morgan fingerprint density at radius 3 is 2.37 bits per heavy atom. The van der Waals surface area contributed by atoms with Crippen molar-refractivity contribution in [3.8, 4) is 6.07 Å². The van der Waals surface area contributed by atoms with Crippen LogP contribution >= 0.6 is 11.3 Å². The topological polar surface area (TPSA) is 96.2 Å². The van der Waals surface area contributed by atoms with Crippen molar-refractivity contribution >= 4 is 23.2 Å². The van der Waals surface area contributed by atoms with Crippen LogP contribution in [0, 0.1) is 17.2 Å². The number of likely N-dealkylation sites (tertiary alicyclic amines) is 1. The van der Waals surface area contributed by atoms with Gasteiger partial charge >= 0.3 is 5.97 Å². The highest BCUT2D eigenvalue weighted by Gasteiger charge is 2.61. The normalized spacial score (nSPS) is 21.1. The fourth-order valence-electron chi connectivity index (χ4n) is 5.77. The number of hydrogen-bond acceptors (Lipinski definition) is 7. The first-order valence-electron chi connectivity index (χ1n) is 14.1. The fourth-order valence-corrected chi connectivity index (χ4v) is 6.55. The second kappa shape index (κ2) is 11.4. The number of hydrogen-bond donors (Lipinski definition) is 0. The van der Waals surface area contributed by atoms with Crippen LogP contribution in [-0.2, 0) is 14.9 Å². The number of benzene rings is 1. The number of nitriles is 1. The molecule has 3 atom stereocenters. The highest BCUT2D eigenvalue weighted by atomic mass is 32.1. The van der Waals surface area contributed by atoms with Crippen molar-refractivity contribution < 1.29 is 14.3 Å². The van der Waals surface area contributed by atoms with Crippen LogP contribution in [0.2, 0.25) is 0 Å². The monoisotopic (exact) mass is 572 g/mol. The molecule has 41 heavy (non-hydrogen) atoms. The van der Waals surface area contributed by atoms with E-state index < -0.39 is 23.2 Å². The van der Waals surface area contributed by atoms with E-state index in [0.717, 1.165) is 10.4 Å².